The van der Waals surface area contributed by atoms with Gasteiger partial charge in [-0.15, -0.1) is 0 Å². The van der Waals surface area contributed by atoms with Crippen molar-refractivity contribution in [1.29, 1.82) is 0 Å². The molecule has 0 saturated carbocycles. The summed E-state index contributed by atoms with van der Waals surface area (Å²) in [5.41, 5.74) is 1.73. The van der Waals surface area contributed by atoms with E-state index >= 15 is 0 Å². The molecule has 0 bridgehead atoms. The summed E-state index contributed by atoms with van der Waals surface area (Å²) in [6, 6.07) is 7.98. The monoisotopic (exact) mass is 264 g/mol. The fraction of sp³-hybridized carbons (Fsp3) is 0.0909. The van der Waals surface area contributed by atoms with Gasteiger partial charge in [0.25, 0.3) is 0 Å². The lowest BCUT2D eigenvalue weighted by molar-refractivity contribution is 0.111. The first-order chi connectivity index (χ1) is 7.29. The molecule has 0 saturated heterocycles. The van der Waals surface area contributed by atoms with Crippen molar-refractivity contribution in [2.24, 2.45) is 0 Å². The number of nitrogens with zero attached hydrogens (tertiary/aromatic N) is 2. The maximum Gasteiger partial charge on any atom is 0.168 e. The smallest absolute Gasteiger partial charge is 0.168 e. The van der Waals surface area contributed by atoms with E-state index < -0.39 is 0 Å². The van der Waals surface area contributed by atoms with E-state index in [1.807, 2.05) is 28.8 Å². The zero-order valence-corrected chi connectivity index (χ0v) is 9.52. The highest BCUT2D eigenvalue weighted by atomic mass is 79.9. The van der Waals surface area contributed by atoms with Crippen LogP contribution in [0.1, 0.15) is 16.1 Å². The molecule has 2 rings (SSSR count). The summed E-state index contributed by atoms with van der Waals surface area (Å²) < 4.78 is 2.86. The van der Waals surface area contributed by atoms with Crippen molar-refractivity contribution in [2.45, 2.75) is 6.54 Å². The number of rotatable bonds is 3. The zero-order valence-electron chi connectivity index (χ0n) is 7.93. The van der Waals surface area contributed by atoms with Crippen molar-refractivity contribution in [1.82, 2.24) is 9.55 Å². The number of carbonyl (C=O) groups is 1. The van der Waals surface area contributed by atoms with Crippen LogP contribution in [0.2, 0.25) is 0 Å². The minimum absolute atomic E-state index is 0.595. The van der Waals surface area contributed by atoms with E-state index in [1.54, 1.807) is 12.5 Å². The van der Waals surface area contributed by atoms with E-state index in [4.69, 9.17) is 0 Å². The van der Waals surface area contributed by atoms with E-state index in [9.17, 15) is 4.79 Å². The molecule has 1 aromatic carbocycles. The molecule has 0 amide bonds. The average Bonchev–Trinajstić information content (AvgIpc) is 2.69. The minimum atomic E-state index is 0.595. The molecule has 0 unspecified atom stereocenters. The molecule has 0 N–H and O–H groups in total. The van der Waals surface area contributed by atoms with Gasteiger partial charge >= 0.3 is 0 Å². The Morgan fingerprint density at radius 2 is 2.07 bits per heavy atom. The number of hydrogen-bond acceptors (Lipinski definition) is 2. The Morgan fingerprint density at radius 1 is 1.33 bits per heavy atom. The molecule has 0 radical (unpaired) electrons. The lowest BCUT2D eigenvalue weighted by atomic mass is 10.2. The van der Waals surface area contributed by atoms with Gasteiger partial charge in [0.2, 0.25) is 0 Å². The Labute approximate surface area is 95.9 Å². The van der Waals surface area contributed by atoms with Crippen LogP contribution in [0, 0.1) is 0 Å². The van der Waals surface area contributed by atoms with Gasteiger partial charge < -0.3 is 4.57 Å². The van der Waals surface area contributed by atoms with Crippen LogP contribution in [0.4, 0.5) is 0 Å². The Bertz CT molecular complexity index is 462. The van der Waals surface area contributed by atoms with E-state index in [0.29, 0.717) is 12.2 Å². The molecule has 1 aromatic heterocycles. The Hall–Kier alpha value is -1.42. The first-order valence-electron chi connectivity index (χ1n) is 4.49. The second kappa shape index (κ2) is 4.40. The highest BCUT2D eigenvalue weighted by molar-refractivity contribution is 9.10. The summed E-state index contributed by atoms with van der Waals surface area (Å²) in [5, 5.41) is 0. The van der Waals surface area contributed by atoms with Gasteiger partial charge in [0.15, 0.2) is 6.29 Å². The molecule has 15 heavy (non-hydrogen) atoms. The van der Waals surface area contributed by atoms with E-state index in [0.717, 1.165) is 16.3 Å². The van der Waals surface area contributed by atoms with Crippen molar-refractivity contribution in [3.8, 4) is 0 Å². The first-order valence-corrected chi connectivity index (χ1v) is 5.28. The van der Waals surface area contributed by atoms with Gasteiger partial charge in [-0.1, -0.05) is 28.1 Å². The van der Waals surface area contributed by atoms with Crippen molar-refractivity contribution in [2.75, 3.05) is 0 Å². The normalized spacial score (nSPS) is 10.2. The standard InChI is InChI=1S/C11H9BrN2O/c12-10-3-1-9(2-4-10)6-14-8-13-5-11(14)7-15/h1-5,7-8H,6H2. The number of carbonyl (C=O) groups excluding carboxylic acids is 1. The molecule has 0 spiro atoms. The molecule has 0 fully saturated rings. The maximum absolute atomic E-state index is 10.7. The van der Waals surface area contributed by atoms with Crippen LogP contribution < -0.4 is 0 Å². The molecule has 2 aromatic rings. The number of halogens is 1. The molecule has 3 nitrogen and oxygen atoms in total. The molecule has 1 heterocycles. The van der Waals surface area contributed by atoms with Crippen molar-refractivity contribution in [3.05, 3.63) is 52.5 Å². The van der Waals surface area contributed by atoms with Crippen LogP contribution in [0.25, 0.3) is 0 Å². The highest BCUT2D eigenvalue weighted by Crippen LogP contribution is 2.12. The number of hydrogen-bond donors (Lipinski definition) is 0. The average molecular weight is 265 g/mol. The summed E-state index contributed by atoms with van der Waals surface area (Å²) >= 11 is 3.38. The molecular formula is C11H9BrN2O. The van der Waals surface area contributed by atoms with Crippen molar-refractivity contribution in [3.63, 3.8) is 0 Å². The Balaban J connectivity index is 2.21. The van der Waals surface area contributed by atoms with Gasteiger partial charge in [0.05, 0.1) is 12.5 Å². The maximum atomic E-state index is 10.7. The van der Waals surface area contributed by atoms with Crippen LogP contribution in [-0.2, 0) is 6.54 Å². The number of aldehydes is 1. The molecule has 0 aliphatic rings. The van der Waals surface area contributed by atoms with Gasteiger partial charge in [0, 0.05) is 11.0 Å². The lowest BCUT2D eigenvalue weighted by Crippen LogP contribution is -2.01. The van der Waals surface area contributed by atoms with Crippen molar-refractivity contribution >= 4 is 22.2 Å². The van der Waals surface area contributed by atoms with Crippen LogP contribution in [0.15, 0.2) is 41.3 Å². The topological polar surface area (TPSA) is 34.9 Å². The fourth-order valence-electron chi connectivity index (χ4n) is 1.35. The van der Waals surface area contributed by atoms with Crippen molar-refractivity contribution < 1.29 is 4.79 Å². The predicted octanol–water partition coefficient (Wildman–Crippen LogP) is 2.51. The van der Waals surface area contributed by atoms with E-state index in [2.05, 4.69) is 20.9 Å². The quantitative estimate of drug-likeness (QED) is 0.799. The minimum Gasteiger partial charge on any atom is -0.324 e. The Morgan fingerprint density at radius 3 is 2.73 bits per heavy atom. The third-order valence-electron chi connectivity index (χ3n) is 2.13. The summed E-state index contributed by atoms with van der Waals surface area (Å²) in [4.78, 5) is 14.6. The van der Waals surface area contributed by atoms with Gasteiger partial charge in [-0.3, -0.25) is 4.79 Å². The molecule has 76 valence electrons. The third-order valence-corrected chi connectivity index (χ3v) is 2.66. The van der Waals surface area contributed by atoms with Gasteiger partial charge in [0.1, 0.15) is 5.69 Å². The number of imidazole rings is 1. The number of aromatic nitrogens is 2. The SMILES string of the molecule is O=Cc1cncn1Cc1ccc(Br)cc1. The van der Waals surface area contributed by atoms with Crippen LogP contribution >= 0.6 is 15.9 Å². The van der Waals surface area contributed by atoms with E-state index in [-0.39, 0.29) is 0 Å². The Kier molecular flexibility index (Phi) is 2.97. The summed E-state index contributed by atoms with van der Waals surface area (Å²) in [6.07, 6.45) is 4.03. The molecule has 0 aliphatic carbocycles. The fourth-order valence-corrected chi connectivity index (χ4v) is 1.61. The largest absolute Gasteiger partial charge is 0.324 e. The second-order valence-corrected chi connectivity index (χ2v) is 4.11. The zero-order chi connectivity index (χ0) is 10.7. The molecule has 0 aliphatic heterocycles. The summed E-state index contributed by atoms with van der Waals surface area (Å²) in [7, 11) is 0. The predicted molar refractivity (Wildman–Crippen MR) is 60.9 cm³/mol. The first kappa shape index (κ1) is 10.1. The molecular weight excluding hydrogens is 256 g/mol. The lowest BCUT2D eigenvalue weighted by Gasteiger charge is -2.04. The second-order valence-electron chi connectivity index (χ2n) is 3.19. The van der Waals surface area contributed by atoms with Gasteiger partial charge in [-0.2, -0.15) is 0 Å². The summed E-state index contributed by atoms with van der Waals surface area (Å²) in [6.45, 7) is 0.668. The van der Waals surface area contributed by atoms with Crippen LogP contribution in [0.3, 0.4) is 0 Å². The highest BCUT2D eigenvalue weighted by Gasteiger charge is 2.00. The molecule has 0 atom stereocenters. The third kappa shape index (κ3) is 2.33. The van der Waals surface area contributed by atoms with Gasteiger partial charge in [-0.05, 0) is 17.7 Å². The number of benzene rings is 1. The van der Waals surface area contributed by atoms with E-state index in [1.165, 1.54) is 0 Å². The van der Waals surface area contributed by atoms with Crippen LogP contribution in [0.5, 0.6) is 0 Å². The summed E-state index contributed by atoms with van der Waals surface area (Å²) in [5.74, 6) is 0. The van der Waals surface area contributed by atoms with Gasteiger partial charge in [-0.25, -0.2) is 4.98 Å². The molecule has 4 heteroatoms. The van der Waals surface area contributed by atoms with Crippen LogP contribution in [-0.4, -0.2) is 15.8 Å².